The van der Waals surface area contributed by atoms with E-state index in [0.29, 0.717) is 25.7 Å². The molecule has 0 saturated carbocycles. The van der Waals surface area contributed by atoms with Crippen LogP contribution in [-0.2, 0) is 6.54 Å². The Kier molecular flexibility index (Phi) is 7.43. The van der Waals surface area contributed by atoms with Gasteiger partial charge in [0, 0.05) is 25.2 Å². The first-order valence-electron chi connectivity index (χ1n) is 8.10. The van der Waals surface area contributed by atoms with Gasteiger partial charge in [0.05, 0.1) is 20.8 Å². The number of benzene rings is 2. The molecular weight excluding hydrogens is 318 g/mol. The van der Waals surface area contributed by atoms with Gasteiger partial charge in [0.1, 0.15) is 23.9 Å². The third-order valence-corrected chi connectivity index (χ3v) is 3.57. The molecule has 25 heavy (non-hydrogen) atoms. The molecular formula is C19H25N3O3. The minimum absolute atomic E-state index is 0.516. The highest BCUT2D eigenvalue weighted by Crippen LogP contribution is 2.18. The lowest BCUT2D eigenvalue weighted by atomic mass is 10.2. The zero-order valence-electron chi connectivity index (χ0n) is 14.9. The third kappa shape index (κ3) is 5.91. The average molecular weight is 343 g/mol. The monoisotopic (exact) mass is 343 g/mol. The SMILES string of the molecule is CN=C(NCCOc1cccc(OC)c1)NCc1ccccc1OC. The van der Waals surface area contributed by atoms with E-state index in [1.54, 1.807) is 21.3 Å². The number of ether oxygens (including phenoxy) is 3. The average Bonchev–Trinajstić information content (AvgIpc) is 2.67. The van der Waals surface area contributed by atoms with Crippen molar-refractivity contribution >= 4 is 5.96 Å². The maximum absolute atomic E-state index is 5.70. The van der Waals surface area contributed by atoms with Crippen LogP contribution in [0.1, 0.15) is 5.56 Å². The Balaban J connectivity index is 1.75. The van der Waals surface area contributed by atoms with Crippen molar-refractivity contribution in [3.8, 4) is 17.2 Å². The molecule has 0 aliphatic carbocycles. The Labute approximate surface area is 148 Å². The summed E-state index contributed by atoms with van der Waals surface area (Å²) in [6, 6.07) is 15.4. The number of para-hydroxylation sites is 1. The minimum Gasteiger partial charge on any atom is -0.497 e. The van der Waals surface area contributed by atoms with E-state index >= 15 is 0 Å². The highest BCUT2D eigenvalue weighted by atomic mass is 16.5. The first kappa shape index (κ1) is 18.4. The number of methoxy groups -OCH3 is 2. The van der Waals surface area contributed by atoms with Crippen molar-refractivity contribution < 1.29 is 14.2 Å². The molecule has 0 aliphatic rings. The summed E-state index contributed by atoms with van der Waals surface area (Å²) < 4.78 is 16.2. The van der Waals surface area contributed by atoms with Gasteiger partial charge in [0.2, 0.25) is 0 Å². The molecule has 0 saturated heterocycles. The number of nitrogens with one attached hydrogen (secondary N) is 2. The Morgan fingerprint density at radius 1 is 0.960 bits per heavy atom. The van der Waals surface area contributed by atoms with E-state index in [1.165, 1.54) is 0 Å². The molecule has 0 amide bonds. The molecule has 0 spiro atoms. The fourth-order valence-corrected chi connectivity index (χ4v) is 2.28. The summed E-state index contributed by atoms with van der Waals surface area (Å²) in [5.74, 6) is 3.12. The fraction of sp³-hybridized carbons (Fsp3) is 0.316. The first-order valence-corrected chi connectivity index (χ1v) is 8.10. The highest BCUT2D eigenvalue weighted by Gasteiger charge is 2.03. The van der Waals surface area contributed by atoms with Crippen LogP contribution in [0, 0.1) is 0 Å². The molecule has 0 aliphatic heterocycles. The number of nitrogens with zero attached hydrogens (tertiary/aromatic N) is 1. The predicted octanol–water partition coefficient (Wildman–Crippen LogP) is 2.45. The van der Waals surface area contributed by atoms with Crippen LogP contribution in [-0.4, -0.2) is 40.4 Å². The summed E-state index contributed by atoms with van der Waals surface area (Å²) in [5, 5.41) is 6.48. The summed E-state index contributed by atoms with van der Waals surface area (Å²) in [7, 11) is 5.04. The van der Waals surface area contributed by atoms with Gasteiger partial charge in [-0.15, -0.1) is 0 Å². The van der Waals surface area contributed by atoms with Gasteiger partial charge in [-0.3, -0.25) is 4.99 Å². The Morgan fingerprint density at radius 2 is 1.76 bits per heavy atom. The Hall–Kier alpha value is -2.89. The molecule has 0 fully saturated rings. The second-order valence-corrected chi connectivity index (χ2v) is 5.19. The molecule has 0 atom stereocenters. The van der Waals surface area contributed by atoms with Gasteiger partial charge >= 0.3 is 0 Å². The van der Waals surface area contributed by atoms with Gasteiger partial charge in [-0.05, 0) is 18.2 Å². The van der Waals surface area contributed by atoms with E-state index < -0.39 is 0 Å². The smallest absolute Gasteiger partial charge is 0.191 e. The van der Waals surface area contributed by atoms with Crippen LogP contribution in [0.2, 0.25) is 0 Å². The summed E-state index contributed by atoms with van der Waals surface area (Å²) >= 11 is 0. The molecule has 2 rings (SSSR count). The van der Waals surface area contributed by atoms with Crippen molar-refractivity contribution in [3.63, 3.8) is 0 Å². The summed E-state index contributed by atoms with van der Waals surface area (Å²) in [4.78, 5) is 4.21. The lowest BCUT2D eigenvalue weighted by molar-refractivity contribution is 0.319. The van der Waals surface area contributed by atoms with Crippen molar-refractivity contribution in [1.29, 1.82) is 0 Å². The predicted molar refractivity (Wildman–Crippen MR) is 99.7 cm³/mol. The van der Waals surface area contributed by atoms with E-state index in [2.05, 4.69) is 15.6 Å². The van der Waals surface area contributed by atoms with Gasteiger partial charge in [-0.25, -0.2) is 0 Å². The number of hydrogen-bond donors (Lipinski definition) is 2. The van der Waals surface area contributed by atoms with Crippen LogP contribution in [0.25, 0.3) is 0 Å². The van der Waals surface area contributed by atoms with E-state index in [9.17, 15) is 0 Å². The Bertz CT molecular complexity index is 689. The van der Waals surface area contributed by atoms with Crippen molar-refractivity contribution in [2.75, 3.05) is 34.4 Å². The van der Waals surface area contributed by atoms with Gasteiger partial charge < -0.3 is 24.8 Å². The van der Waals surface area contributed by atoms with Crippen LogP contribution >= 0.6 is 0 Å². The molecule has 0 bridgehead atoms. The van der Waals surface area contributed by atoms with Crippen molar-refractivity contribution in [1.82, 2.24) is 10.6 Å². The van der Waals surface area contributed by atoms with Crippen molar-refractivity contribution in [2.24, 2.45) is 4.99 Å². The standard InChI is InChI=1S/C19H25N3O3/c1-20-19(22-14-15-7-4-5-10-18(15)24-3)21-11-12-25-17-9-6-8-16(13-17)23-2/h4-10,13H,11-12,14H2,1-3H3,(H2,20,21,22). The van der Waals surface area contributed by atoms with Crippen molar-refractivity contribution in [2.45, 2.75) is 6.54 Å². The van der Waals surface area contributed by atoms with Crippen LogP contribution in [0.3, 0.4) is 0 Å². The van der Waals surface area contributed by atoms with Gasteiger partial charge in [-0.2, -0.15) is 0 Å². The molecule has 134 valence electrons. The third-order valence-electron chi connectivity index (χ3n) is 3.57. The maximum atomic E-state index is 5.70. The minimum atomic E-state index is 0.516. The Morgan fingerprint density at radius 3 is 2.52 bits per heavy atom. The molecule has 0 radical (unpaired) electrons. The number of guanidine groups is 1. The normalized spacial score (nSPS) is 10.9. The van der Waals surface area contributed by atoms with E-state index in [0.717, 1.165) is 22.8 Å². The number of hydrogen-bond acceptors (Lipinski definition) is 4. The molecule has 2 N–H and O–H groups in total. The van der Waals surface area contributed by atoms with E-state index in [4.69, 9.17) is 14.2 Å². The zero-order chi connectivity index (χ0) is 17.9. The van der Waals surface area contributed by atoms with Crippen LogP contribution in [0.15, 0.2) is 53.5 Å². The second-order valence-electron chi connectivity index (χ2n) is 5.19. The van der Waals surface area contributed by atoms with E-state index in [1.807, 2.05) is 48.5 Å². The zero-order valence-corrected chi connectivity index (χ0v) is 14.9. The lowest BCUT2D eigenvalue weighted by Gasteiger charge is -2.14. The molecule has 0 heterocycles. The molecule has 6 nitrogen and oxygen atoms in total. The molecule has 0 aromatic heterocycles. The molecule has 2 aromatic carbocycles. The molecule has 0 unspecified atom stereocenters. The number of rotatable bonds is 8. The van der Waals surface area contributed by atoms with E-state index in [-0.39, 0.29) is 0 Å². The van der Waals surface area contributed by atoms with Crippen LogP contribution in [0.5, 0.6) is 17.2 Å². The number of aliphatic imine (C=N–C) groups is 1. The van der Waals surface area contributed by atoms with Crippen molar-refractivity contribution in [3.05, 3.63) is 54.1 Å². The summed E-state index contributed by atoms with van der Waals surface area (Å²) in [6.07, 6.45) is 0. The molecule has 2 aromatic rings. The largest absolute Gasteiger partial charge is 0.497 e. The highest BCUT2D eigenvalue weighted by molar-refractivity contribution is 5.79. The fourth-order valence-electron chi connectivity index (χ4n) is 2.28. The maximum Gasteiger partial charge on any atom is 0.191 e. The van der Waals surface area contributed by atoms with Gasteiger partial charge in [-0.1, -0.05) is 24.3 Å². The molecule has 6 heteroatoms. The summed E-state index contributed by atoms with van der Waals surface area (Å²) in [5.41, 5.74) is 1.07. The van der Waals surface area contributed by atoms with Gasteiger partial charge in [0.25, 0.3) is 0 Å². The topological polar surface area (TPSA) is 64.1 Å². The van der Waals surface area contributed by atoms with Crippen LogP contribution in [0.4, 0.5) is 0 Å². The first-order chi connectivity index (χ1) is 12.3. The van der Waals surface area contributed by atoms with Gasteiger partial charge in [0.15, 0.2) is 5.96 Å². The summed E-state index contributed by atoms with van der Waals surface area (Å²) in [6.45, 7) is 1.77. The lowest BCUT2D eigenvalue weighted by Crippen LogP contribution is -2.38. The quantitative estimate of drug-likeness (QED) is 0.438. The van der Waals surface area contributed by atoms with Crippen LogP contribution < -0.4 is 24.8 Å². The second kappa shape index (κ2) is 10.1.